The molecule has 0 atom stereocenters. The van der Waals surface area contributed by atoms with Crippen molar-refractivity contribution < 1.29 is 19.1 Å². The Bertz CT molecular complexity index is 1070. The molecule has 2 heterocycles. The lowest BCUT2D eigenvalue weighted by Gasteiger charge is -2.28. The molecule has 7 heteroatoms. The van der Waals surface area contributed by atoms with Gasteiger partial charge in [-0.15, -0.1) is 5.92 Å². The Morgan fingerprint density at radius 3 is 2.67 bits per heavy atom. The zero-order valence-corrected chi connectivity index (χ0v) is 20.1. The van der Waals surface area contributed by atoms with Crippen LogP contribution in [0, 0.1) is 11.8 Å². The molecule has 0 saturated carbocycles. The van der Waals surface area contributed by atoms with E-state index in [4.69, 9.17) is 9.47 Å². The number of imide groups is 1. The molecule has 3 rings (SSSR count). The van der Waals surface area contributed by atoms with E-state index in [1.54, 1.807) is 17.9 Å². The van der Waals surface area contributed by atoms with Gasteiger partial charge in [0.05, 0.1) is 12.3 Å². The monoisotopic (exact) mass is 451 g/mol. The molecule has 0 aliphatic carbocycles. The maximum atomic E-state index is 12.0. The normalized spacial score (nSPS) is 13.2. The SMILES string of the molecule is CC#C/C=C(\C)OCO/C(C)=C/CC.CN(C=O)C(=O)N1CCc2c([nH]c3ccccc23)C1. The van der Waals surface area contributed by atoms with E-state index in [9.17, 15) is 9.59 Å². The summed E-state index contributed by atoms with van der Waals surface area (Å²) in [6, 6.07) is 7.90. The number of carbonyl (C=O) groups is 2. The van der Waals surface area contributed by atoms with Crippen LogP contribution in [0.25, 0.3) is 10.9 Å². The summed E-state index contributed by atoms with van der Waals surface area (Å²) in [6.45, 7) is 9.04. The smallest absolute Gasteiger partial charge is 0.326 e. The van der Waals surface area contributed by atoms with Crippen LogP contribution in [-0.2, 0) is 27.2 Å². The van der Waals surface area contributed by atoms with Gasteiger partial charge in [-0.1, -0.05) is 31.0 Å². The lowest BCUT2D eigenvalue weighted by Crippen LogP contribution is -2.43. The zero-order chi connectivity index (χ0) is 24.2. The number of nitrogens with one attached hydrogen (secondary N) is 1. The van der Waals surface area contributed by atoms with Crippen LogP contribution < -0.4 is 0 Å². The van der Waals surface area contributed by atoms with Gasteiger partial charge in [0.2, 0.25) is 13.2 Å². The molecule has 3 amide bonds. The highest BCUT2D eigenvalue weighted by Gasteiger charge is 2.25. The van der Waals surface area contributed by atoms with Crippen LogP contribution in [0.4, 0.5) is 4.79 Å². The van der Waals surface area contributed by atoms with E-state index >= 15 is 0 Å². The number of fused-ring (bicyclic) bond motifs is 3. The van der Waals surface area contributed by atoms with Crippen molar-refractivity contribution in [3.05, 3.63) is 59.2 Å². The molecular weight excluding hydrogens is 418 g/mol. The lowest BCUT2D eigenvalue weighted by molar-refractivity contribution is -0.115. The highest BCUT2D eigenvalue weighted by atomic mass is 16.7. The third-order valence-corrected chi connectivity index (χ3v) is 5.10. The second-order valence-electron chi connectivity index (χ2n) is 7.58. The highest BCUT2D eigenvalue weighted by molar-refractivity contribution is 5.87. The minimum Gasteiger partial charge on any atom is -0.462 e. The third kappa shape index (κ3) is 7.46. The van der Waals surface area contributed by atoms with Crippen molar-refractivity contribution in [2.24, 2.45) is 0 Å². The third-order valence-electron chi connectivity index (χ3n) is 5.10. The summed E-state index contributed by atoms with van der Waals surface area (Å²) >= 11 is 0. The van der Waals surface area contributed by atoms with Crippen LogP contribution in [0.15, 0.2) is 47.9 Å². The van der Waals surface area contributed by atoms with Gasteiger partial charge in [-0.25, -0.2) is 4.79 Å². The first-order valence-corrected chi connectivity index (χ1v) is 11.0. The number of nitrogens with zero attached hydrogens (tertiary/aromatic N) is 2. The summed E-state index contributed by atoms with van der Waals surface area (Å²) in [5, 5.41) is 1.23. The molecule has 1 aliphatic heterocycles. The summed E-state index contributed by atoms with van der Waals surface area (Å²) in [4.78, 5) is 28.7. The van der Waals surface area contributed by atoms with E-state index in [1.807, 2.05) is 38.1 Å². The number of para-hydroxylation sites is 1. The fourth-order valence-electron chi connectivity index (χ4n) is 3.40. The molecule has 0 radical (unpaired) electrons. The number of rotatable bonds is 6. The second-order valence-corrected chi connectivity index (χ2v) is 7.58. The van der Waals surface area contributed by atoms with Gasteiger partial charge in [-0.2, -0.15) is 0 Å². The lowest BCUT2D eigenvalue weighted by atomic mass is 10.0. The minimum absolute atomic E-state index is 0.246. The Hall–Kier alpha value is -3.66. The van der Waals surface area contributed by atoms with Crippen LogP contribution >= 0.6 is 0 Å². The fraction of sp³-hybridized carbons (Fsp3) is 0.385. The molecule has 0 unspecified atom stereocenters. The number of benzene rings is 1. The molecule has 1 aromatic carbocycles. The second kappa shape index (κ2) is 13.0. The van der Waals surface area contributed by atoms with Crippen LogP contribution in [0.5, 0.6) is 0 Å². The molecule has 0 spiro atoms. The zero-order valence-electron chi connectivity index (χ0n) is 20.1. The van der Waals surface area contributed by atoms with Crippen molar-refractivity contribution in [1.29, 1.82) is 0 Å². The van der Waals surface area contributed by atoms with E-state index in [0.717, 1.165) is 40.5 Å². The molecule has 1 aromatic heterocycles. The first-order valence-electron chi connectivity index (χ1n) is 11.0. The van der Waals surface area contributed by atoms with Gasteiger partial charge in [0.15, 0.2) is 0 Å². The topological polar surface area (TPSA) is 74.9 Å². The number of amides is 3. The van der Waals surface area contributed by atoms with Gasteiger partial charge >= 0.3 is 6.03 Å². The van der Waals surface area contributed by atoms with E-state index in [0.29, 0.717) is 19.5 Å². The minimum atomic E-state index is -0.251. The van der Waals surface area contributed by atoms with E-state index in [-0.39, 0.29) is 12.8 Å². The Kier molecular flexibility index (Phi) is 10.1. The summed E-state index contributed by atoms with van der Waals surface area (Å²) in [5.74, 6) is 7.22. The van der Waals surface area contributed by atoms with E-state index < -0.39 is 0 Å². The number of aromatic amines is 1. The van der Waals surface area contributed by atoms with Gasteiger partial charge in [0, 0.05) is 36.3 Å². The summed E-state index contributed by atoms with van der Waals surface area (Å²) in [6.07, 6.45) is 6.07. The molecule has 176 valence electrons. The predicted octanol–water partition coefficient (Wildman–Crippen LogP) is 4.95. The molecule has 7 nitrogen and oxygen atoms in total. The maximum absolute atomic E-state index is 12.0. The highest BCUT2D eigenvalue weighted by Crippen LogP contribution is 2.27. The van der Waals surface area contributed by atoms with Crippen LogP contribution in [0.2, 0.25) is 0 Å². The summed E-state index contributed by atoms with van der Waals surface area (Å²) in [7, 11) is 1.48. The quantitative estimate of drug-likeness (QED) is 0.292. The first-order chi connectivity index (χ1) is 15.9. The number of allylic oxidation sites excluding steroid dienone is 4. The van der Waals surface area contributed by atoms with Gasteiger partial charge in [0.1, 0.15) is 5.76 Å². The Labute approximate surface area is 196 Å². The number of ether oxygens (including phenoxy) is 2. The van der Waals surface area contributed by atoms with Gasteiger partial charge in [-0.3, -0.25) is 9.69 Å². The van der Waals surface area contributed by atoms with Crippen molar-refractivity contribution in [2.75, 3.05) is 20.4 Å². The van der Waals surface area contributed by atoms with Crippen molar-refractivity contribution >= 4 is 23.3 Å². The molecule has 0 bridgehead atoms. The first kappa shape index (κ1) is 25.6. The Balaban J connectivity index is 0.000000248. The maximum Gasteiger partial charge on any atom is 0.326 e. The molecule has 0 fully saturated rings. The standard InChI is InChI=1S/C14H15N3O2.C12H18O2/c1-16(9-18)14(19)17-7-6-11-10-4-2-3-5-12(10)15-13(11)8-17;1-5-7-9-12(4)14-10-13-11(3)8-6-2/h2-5,9,15H,6-8H2,1H3;8-9H,6,10H2,1-4H3/b;11-8+,12-9+. The van der Waals surface area contributed by atoms with Crippen molar-refractivity contribution in [3.63, 3.8) is 0 Å². The Morgan fingerprint density at radius 2 is 1.97 bits per heavy atom. The average Bonchev–Trinajstić information content (AvgIpc) is 3.20. The molecule has 0 saturated heterocycles. The Morgan fingerprint density at radius 1 is 1.24 bits per heavy atom. The number of H-pyrrole nitrogens is 1. The summed E-state index contributed by atoms with van der Waals surface area (Å²) in [5.41, 5.74) is 3.46. The van der Waals surface area contributed by atoms with Crippen LogP contribution in [-0.4, -0.2) is 47.6 Å². The van der Waals surface area contributed by atoms with Crippen LogP contribution in [0.1, 0.15) is 45.4 Å². The van der Waals surface area contributed by atoms with Crippen molar-refractivity contribution in [2.45, 2.75) is 47.1 Å². The number of aromatic nitrogens is 1. The molecule has 33 heavy (non-hydrogen) atoms. The fourth-order valence-corrected chi connectivity index (χ4v) is 3.40. The van der Waals surface area contributed by atoms with Crippen LogP contribution in [0.3, 0.4) is 0 Å². The van der Waals surface area contributed by atoms with Gasteiger partial charge in [0.25, 0.3) is 0 Å². The van der Waals surface area contributed by atoms with E-state index in [1.165, 1.54) is 18.0 Å². The average molecular weight is 452 g/mol. The van der Waals surface area contributed by atoms with E-state index in [2.05, 4.69) is 29.8 Å². The molecule has 1 N–H and O–H groups in total. The number of hydrogen-bond acceptors (Lipinski definition) is 4. The molecule has 2 aromatic rings. The van der Waals surface area contributed by atoms with Gasteiger partial charge < -0.3 is 19.4 Å². The number of hydrogen-bond donors (Lipinski definition) is 1. The number of carbonyl (C=O) groups excluding carboxylic acids is 2. The number of urea groups is 1. The molecule has 1 aliphatic rings. The van der Waals surface area contributed by atoms with Crippen molar-refractivity contribution in [3.8, 4) is 11.8 Å². The largest absolute Gasteiger partial charge is 0.462 e. The van der Waals surface area contributed by atoms with Crippen molar-refractivity contribution in [1.82, 2.24) is 14.8 Å². The molecular formula is C26H33N3O4. The summed E-state index contributed by atoms with van der Waals surface area (Å²) < 4.78 is 10.5. The predicted molar refractivity (Wildman–Crippen MR) is 130 cm³/mol. The van der Waals surface area contributed by atoms with Gasteiger partial charge in [-0.05, 0) is 51.3 Å².